The average Bonchev–Trinajstić information content (AvgIpc) is 2.66. The number of rotatable bonds is 4. The number of nitrogens with zero attached hydrogens (tertiary/aromatic N) is 1. The Labute approximate surface area is 116 Å². The van der Waals surface area contributed by atoms with E-state index in [0.717, 1.165) is 10.9 Å². The Morgan fingerprint density at radius 2 is 2.28 bits per heavy atom. The number of halogens is 1. The third kappa shape index (κ3) is 2.53. The molecule has 0 bridgehead atoms. The van der Waals surface area contributed by atoms with Gasteiger partial charge in [-0.15, -0.1) is 0 Å². The predicted molar refractivity (Wildman–Crippen MR) is 76.1 cm³/mol. The molecule has 1 heterocycles. The van der Waals surface area contributed by atoms with Crippen LogP contribution in [0.2, 0.25) is 0 Å². The van der Waals surface area contributed by atoms with E-state index in [4.69, 9.17) is 5.11 Å². The average molecular weight is 312 g/mol. The molecule has 1 aromatic carbocycles. The van der Waals surface area contributed by atoms with Gasteiger partial charge in [0.2, 0.25) is 0 Å². The number of anilines is 1. The van der Waals surface area contributed by atoms with Crippen molar-refractivity contribution in [2.45, 2.75) is 45.2 Å². The number of hydrogen-bond donors (Lipinski definition) is 1. The van der Waals surface area contributed by atoms with Gasteiger partial charge in [0.25, 0.3) is 0 Å². The molecule has 2 rings (SSSR count). The van der Waals surface area contributed by atoms with Gasteiger partial charge < -0.3 is 10.0 Å². The maximum absolute atomic E-state index is 10.7. The van der Waals surface area contributed by atoms with Crippen LogP contribution in [-0.2, 0) is 11.2 Å². The summed E-state index contributed by atoms with van der Waals surface area (Å²) in [6.07, 6.45) is 1.87. The molecule has 3 nitrogen and oxygen atoms in total. The van der Waals surface area contributed by atoms with E-state index in [1.165, 1.54) is 11.3 Å². The largest absolute Gasteiger partial charge is 0.481 e. The lowest BCUT2D eigenvalue weighted by Gasteiger charge is -2.31. The SMILES string of the molecule is CC(C)N1c2cccc(Br)c2CC1CCC(=O)O. The summed E-state index contributed by atoms with van der Waals surface area (Å²) in [5.41, 5.74) is 2.55. The van der Waals surface area contributed by atoms with Crippen molar-refractivity contribution in [1.82, 2.24) is 0 Å². The van der Waals surface area contributed by atoms with Crippen LogP contribution in [0.4, 0.5) is 5.69 Å². The molecule has 0 amide bonds. The molecule has 0 aliphatic carbocycles. The zero-order valence-corrected chi connectivity index (χ0v) is 12.3. The molecule has 1 atom stereocenters. The molecule has 0 radical (unpaired) electrons. The van der Waals surface area contributed by atoms with Gasteiger partial charge in [-0.3, -0.25) is 4.79 Å². The molecule has 0 aromatic heterocycles. The first-order valence-corrected chi connectivity index (χ1v) is 7.07. The van der Waals surface area contributed by atoms with Crippen LogP contribution in [0.25, 0.3) is 0 Å². The lowest BCUT2D eigenvalue weighted by molar-refractivity contribution is -0.137. The van der Waals surface area contributed by atoms with Crippen molar-refractivity contribution >= 4 is 27.6 Å². The summed E-state index contributed by atoms with van der Waals surface area (Å²) in [5, 5.41) is 8.84. The van der Waals surface area contributed by atoms with Crippen molar-refractivity contribution in [3.8, 4) is 0 Å². The van der Waals surface area contributed by atoms with Crippen LogP contribution in [0, 0.1) is 0 Å². The van der Waals surface area contributed by atoms with Crippen LogP contribution >= 0.6 is 15.9 Å². The molecule has 0 saturated heterocycles. The number of carboxylic acid groups (broad SMARTS) is 1. The quantitative estimate of drug-likeness (QED) is 0.926. The molecule has 1 unspecified atom stereocenters. The standard InChI is InChI=1S/C14H18BrNO2/c1-9(2)16-10(6-7-14(17)18)8-11-12(15)4-3-5-13(11)16/h3-5,9-10H,6-8H2,1-2H3,(H,17,18). The Balaban J connectivity index is 2.25. The third-order valence-electron chi connectivity index (χ3n) is 3.45. The van der Waals surface area contributed by atoms with Crippen LogP contribution in [0.1, 0.15) is 32.3 Å². The van der Waals surface area contributed by atoms with Gasteiger partial charge in [0.05, 0.1) is 0 Å². The summed E-state index contributed by atoms with van der Waals surface area (Å²) in [6.45, 7) is 4.31. The van der Waals surface area contributed by atoms with Gasteiger partial charge in [0, 0.05) is 28.7 Å². The zero-order valence-electron chi connectivity index (χ0n) is 10.7. The van der Waals surface area contributed by atoms with Crippen molar-refractivity contribution in [2.24, 2.45) is 0 Å². The predicted octanol–water partition coefficient (Wildman–Crippen LogP) is 3.45. The van der Waals surface area contributed by atoms with E-state index in [0.29, 0.717) is 18.5 Å². The van der Waals surface area contributed by atoms with Crippen molar-refractivity contribution in [3.63, 3.8) is 0 Å². The number of fused-ring (bicyclic) bond motifs is 1. The van der Waals surface area contributed by atoms with Crippen molar-refractivity contribution in [3.05, 3.63) is 28.2 Å². The second kappa shape index (κ2) is 5.31. The highest BCUT2D eigenvalue weighted by atomic mass is 79.9. The first-order chi connectivity index (χ1) is 8.50. The molecule has 4 heteroatoms. The Kier molecular flexibility index (Phi) is 3.95. The molecule has 0 spiro atoms. The fourth-order valence-corrected chi connectivity index (χ4v) is 3.27. The smallest absolute Gasteiger partial charge is 0.303 e. The zero-order chi connectivity index (χ0) is 13.3. The van der Waals surface area contributed by atoms with Crippen molar-refractivity contribution < 1.29 is 9.90 Å². The normalized spacial score (nSPS) is 18.2. The summed E-state index contributed by atoms with van der Waals surface area (Å²) >= 11 is 3.59. The van der Waals surface area contributed by atoms with Crippen LogP contribution in [0.3, 0.4) is 0 Å². The number of aliphatic carboxylic acids is 1. The fourth-order valence-electron chi connectivity index (χ4n) is 2.75. The van der Waals surface area contributed by atoms with E-state index in [2.05, 4.69) is 46.8 Å². The highest BCUT2D eigenvalue weighted by Gasteiger charge is 2.32. The fraction of sp³-hybridized carbons (Fsp3) is 0.500. The van der Waals surface area contributed by atoms with Crippen LogP contribution < -0.4 is 4.90 Å². The van der Waals surface area contributed by atoms with Gasteiger partial charge in [0.1, 0.15) is 0 Å². The summed E-state index contributed by atoms with van der Waals surface area (Å²) in [5.74, 6) is -0.714. The number of carboxylic acids is 1. The lowest BCUT2D eigenvalue weighted by atomic mass is 10.1. The maximum Gasteiger partial charge on any atom is 0.303 e. The van der Waals surface area contributed by atoms with Crippen LogP contribution in [-0.4, -0.2) is 23.2 Å². The molecular weight excluding hydrogens is 294 g/mol. The molecule has 1 aliphatic rings. The van der Waals surface area contributed by atoms with Gasteiger partial charge in [-0.2, -0.15) is 0 Å². The van der Waals surface area contributed by atoms with E-state index in [9.17, 15) is 4.79 Å². The van der Waals surface area contributed by atoms with E-state index < -0.39 is 5.97 Å². The summed E-state index contributed by atoms with van der Waals surface area (Å²) in [6, 6.07) is 6.91. The third-order valence-corrected chi connectivity index (χ3v) is 4.20. The van der Waals surface area contributed by atoms with Crippen LogP contribution in [0.15, 0.2) is 22.7 Å². The maximum atomic E-state index is 10.7. The molecule has 0 saturated carbocycles. The molecule has 0 fully saturated rings. The molecular formula is C14H18BrNO2. The summed E-state index contributed by atoms with van der Waals surface area (Å²) < 4.78 is 1.13. The topological polar surface area (TPSA) is 40.5 Å². The Hall–Kier alpha value is -1.03. The van der Waals surface area contributed by atoms with E-state index in [-0.39, 0.29) is 6.42 Å². The van der Waals surface area contributed by atoms with Crippen molar-refractivity contribution in [2.75, 3.05) is 4.90 Å². The van der Waals surface area contributed by atoms with Gasteiger partial charge in [-0.25, -0.2) is 0 Å². The van der Waals surface area contributed by atoms with Crippen LogP contribution in [0.5, 0.6) is 0 Å². The number of benzene rings is 1. The second-order valence-corrected chi connectivity index (χ2v) is 5.88. The van der Waals surface area contributed by atoms with Gasteiger partial charge in [-0.05, 0) is 44.4 Å². The highest BCUT2D eigenvalue weighted by molar-refractivity contribution is 9.10. The lowest BCUT2D eigenvalue weighted by Crippen LogP contribution is -2.38. The highest BCUT2D eigenvalue weighted by Crippen LogP contribution is 2.39. The Morgan fingerprint density at radius 1 is 1.56 bits per heavy atom. The van der Waals surface area contributed by atoms with Gasteiger partial charge in [0.15, 0.2) is 0 Å². The summed E-state index contributed by atoms with van der Waals surface area (Å²) in [4.78, 5) is 13.1. The number of hydrogen-bond acceptors (Lipinski definition) is 2. The minimum Gasteiger partial charge on any atom is -0.481 e. The molecule has 98 valence electrons. The monoisotopic (exact) mass is 311 g/mol. The summed E-state index contributed by atoms with van der Waals surface area (Å²) in [7, 11) is 0. The van der Waals surface area contributed by atoms with E-state index >= 15 is 0 Å². The van der Waals surface area contributed by atoms with Gasteiger partial charge in [-0.1, -0.05) is 22.0 Å². The first kappa shape index (κ1) is 13.4. The molecule has 1 N–H and O–H groups in total. The van der Waals surface area contributed by atoms with E-state index in [1.807, 2.05) is 6.07 Å². The molecule has 1 aliphatic heterocycles. The minimum absolute atomic E-state index is 0.236. The second-order valence-electron chi connectivity index (χ2n) is 5.03. The van der Waals surface area contributed by atoms with Crippen molar-refractivity contribution in [1.29, 1.82) is 0 Å². The Bertz CT molecular complexity index is 459. The van der Waals surface area contributed by atoms with Gasteiger partial charge >= 0.3 is 5.97 Å². The Morgan fingerprint density at radius 3 is 2.89 bits per heavy atom. The molecule has 18 heavy (non-hydrogen) atoms. The molecule has 1 aromatic rings. The first-order valence-electron chi connectivity index (χ1n) is 6.28. The van der Waals surface area contributed by atoms with E-state index in [1.54, 1.807) is 0 Å². The number of carbonyl (C=O) groups is 1. The minimum atomic E-state index is -0.714.